The van der Waals surface area contributed by atoms with Gasteiger partial charge in [0.15, 0.2) is 11.5 Å². The number of phenols is 1. The molecule has 0 aliphatic heterocycles. The Kier molecular flexibility index (Phi) is 5.83. The summed E-state index contributed by atoms with van der Waals surface area (Å²) in [6, 6.07) is 11.0. The van der Waals surface area contributed by atoms with Crippen LogP contribution in [0.15, 0.2) is 60.0 Å². The van der Waals surface area contributed by atoms with E-state index in [0.717, 1.165) is 23.9 Å². The predicted molar refractivity (Wildman–Crippen MR) is 104 cm³/mol. The Morgan fingerprint density at radius 1 is 1.38 bits per heavy atom. The van der Waals surface area contributed by atoms with Gasteiger partial charge in [-0.15, -0.1) is 0 Å². The highest BCUT2D eigenvalue weighted by Crippen LogP contribution is 2.33. The number of aromatic hydroxyl groups is 1. The van der Waals surface area contributed by atoms with E-state index in [1.165, 1.54) is 7.11 Å². The van der Waals surface area contributed by atoms with Crippen LogP contribution >= 0.6 is 0 Å². The standard InChI is InChI=1S/C19H17N5O5/c1-29-17-10-16(24(27)28)9-15(18(17)25)11-20-22-19(26)14-5-2-4-13(8-14)12-23-7-3-6-21-23/h2-11,25H,12H2,1H3,(H,22,26)/b20-11-. The number of nitrogens with zero attached hydrogens (tertiary/aromatic N) is 4. The second-order valence-corrected chi connectivity index (χ2v) is 5.95. The number of nitro groups is 1. The largest absolute Gasteiger partial charge is 0.504 e. The fourth-order valence-corrected chi connectivity index (χ4v) is 2.59. The van der Waals surface area contributed by atoms with Gasteiger partial charge in [0.25, 0.3) is 11.6 Å². The fourth-order valence-electron chi connectivity index (χ4n) is 2.59. The summed E-state index contributed by atoms with van der Waals surface area (Å²) in [6.45, 7) is 0.513. The molecule has 0 atom stereocenters. The van der Waals surface area contributed by atoms with E-state index in [2.05, 4.69) is 15.6 Å². The summed E-state index contributed by atoms with van der Waals surface area (Å²) in [5.74, 6) is -0.865. The number of methoxy groups -OCH3 is 1. The number of rotatable bonds is 7. The third-order valence-electron chi connectivity index (χ3n) is 3.98. The van der Waals surface area contributed by atoms with Crippen LogP contribution in [0, 0.1) is 10.1 Å². The quantitative estimate of drug-likeness (QED) is 0.358. The number of hydrogen-bond acceptors (Lipinski definition) is 7. The van der Waals surface area contributed by atoms with Gasteiger partial charge in [0.05, 0.1) is 30.9 Å². The molecule has 2 N–H and O–H groups in total. The molecule has 10 heteroatoms. The highest BCUT2D eigenvalue weighted by molar-refractivity contribution is 5.95. The molecule has 0 saturated heterocycles. The number of nitro benzene ring substituents is 1. The maximum atomic E-state index is 12.3. The van der Waals surface area contributed by atoms with Crippen molar-refractivity contribution < 1.29 is 19.6 Å². The Hall–Kier alpha value is -4.21. The van der Waals surface area contributed by atoms with Crippen LogP contribution < -0.4 is 10.2 Å². The van der Waals surface area contributed by atoms with Crippen molar-refractivity contribution in [3.8, 4) is 11.5 Å². The van der Waals surface area contributed by atoms with Gasteiger partial charge in [0.1, 0.15) is 0 Å². The minimum atomic E-state index is -0.622. The molecule has 148 valence electrons. The van der Waals surface area contributed by atoms with Crippen molar-refractivity contribution in [1.29, 1.82) is 0 Å². The summed E-state index contributed by atoms with van der Waals surface area (Å²) >= 11 is 0. The van der Waals surface area contributed by atoms with Gasteiger partial charge in [-0.1, -0.05) is 12.1 Å². The van der Waals surface area contributed by atoms with E-state index < -0.39 is 10.8 Å². The first-order valence-electron chi connectivity index (χ1n) is 8.43. The third-order valence-corrected chi connectivity index (χ3v) is 3.98. The zero-order valence-corrected chi connectivity index (χ0v) is 15.3. The second-order valence-electron chi connectivity index (χ2n) is 5.95. The first-order chi connectivity index (χ1) is 14.0. The SMILES string of the molecule is COc1cc([N+](=O)[O-])cc(/C=N\NC(=O)c2cccc(Cn3cccn3)c2)c1O. The van der Waals surface area contributed by atoms with Crippen molar-refractivity contribution in [2.45, 2.75) is 6.54 Å². The van der Waals surface area contributed by atoms with Crippen molar-refractivity contribution in [2.24, 2.45) is 5.10 Å². The lowest BCUT2D eigenvalue weighted by Crippen LogP contribution is -2.18. The van der Waals surface area contributed by atoms with Crippen molar-refractivity contribution >= 4 is 17.8 Å². The molecule has 0 fully saturated rings. The summed E-state index contributed by atoms with van der Waals surface area (Å²) < 4.78 is 6.65. The van der Waals surface area contributed by atoms with Gasteiger partial charge in [-0.2, -0.15) is 10.2 Å². The smallest absolute Gasteiger partial charge is 0.274 e. The number of amides is 1. The molecule has 10 nitrogen and oxygen atoms in total. The zero-order chi connectivity index (χ0) is 20.8. The molecule has 1 amide bonds. The van der Waals surface area contributed by atoms with E-state index in [0.29, 0.717) is 12.1 Å². The molecule has 0 saturated carbocycles. The third kappa shape index (κ3) is 4.75. The van der Waals surface area contributed by atoms with Crippen LogP contribution in [0.3, 0.4) is 0 Å². The lowest BCUT2D eigenvalue weighted by Gasteiger charge is -2.06. The van der Waals surface area contributed by atoms with E-state index >= 15 is 0 Å². The molecule has 0 bridgehead atoms. The molecule has 0 radical (unpaired) electrons. The molecule has 0 aliphatic rings. The van der Waals surface area contributed by atoms with Crippen LogP contribution in [0.4, 0.5) is 5.69 Å². The summed E-state index contributed by atoms with van der Waals surface area (Å²) in [7, 11) is 1.28. The molecular weight excluding hydrogens is 378 g/mol. The Balaban J connectivity index is 1.73. The minimum absolute atomic E-state index is 0.0313. The normalized spacial score (nSPS) is 10.8. The number of benzene rings is 2. The van der Waals surface area contributed by atoms with Crippen LogP contribution in [0.1, 0.15) is 21.5 Å². The highest BCUT2D eigenvalue weighted by atomic mass is 16.6. The number of hydrazone groups is 1. The maximum Gasteiger partial charge on any atom is 0.274 e. The molecule has 3 rings (SSSR count). The van der Waals surface area contributed by atoms with Crippen LogP contribution in [-0.2, 0) is 6.54 Å². The molecule has 0 spiro atoms. The van der Waals surface area contributed by atoms with Crippen molar-refractivity contribution in [1.82, 2.24) is 15.2 Å². The van der Waals surface area contributed by atoms with Gasteiger partial charge in [-0.25, -0.2) is 5.43 Å². The van der Waals surface area contributed by atoms with Gasteiger partial charge in [-0.3, -0.25) is 19.6 Å². The fraction of sp³-hybridized carbons (Fsp3) is 0.105. The summed E-state index contributed by atoms with van der Waals surface area (Å²) in [4.78, 5) is 22.7. The zero-order valence-electron chi connectivity index (χ0n) is 15.3. The Labute approximate surface area is 165 Å². The molecule has 1 heterocycles. The molecular formula is C19H17N5O5. The molecule has 0 unspecified atom stereocenters. The number of carbonyl (C=O) groups is 1. The lowest BCUT2D eigenvalue weighted by molar-refractivity contribution is -0.385. The number of phenolic OH excluding ortho intramolecular Hbond substituents is 1. The Bertz CT molecular complexity index is 1060. The van der Waals surface area contributed by atoms with Crippen molar-refractivity contribution in [2.75, 3.05) is 7.11 Å². The number of carbonyl (C=O) groups excluding carboxylic acids is 1. The van der Waals surface area contributed by atoms with Crippen LogP contribution in [0.5, 0.6) is 11.5 Å². The van der Waals surface area contributed by atoms with Gasteiger partial charge in [0, 0.05) is 29.6 Å². The lowest BCUT2D eigenvalue weighted by atomic mass is 10.1. The van der Waals surface area contributed by atoms with E-state index in [-0.39, 0.29) is 22.7 Å². The topological polar surface area (TPSA) is 132 Å². The van der Waals surface area contributed by atoms with Gasteiger partial charge < -0.3 is 9.84 Å². The maximum absolute atomic E-state index is 12.3. The van der Waals surface area contributed by atoms with Crippen molar-refractivity contribution in [3.05, 3.63) is 81.7 Å². The van der Waals surface area contributed by atoms with E-state index in [1.807, 2.05) is 18.3 Å². The van der Waals surface area contributed by atoms with Crippen LogP contribution in [-0.4, -0.2) is 39.0 Å². The Morgan fingerprint density at radius 2 is 2.21 bits per heavy atom. The number of hydrogen-bond donors (Lipinski definition) is 2. The van der Waals surface area contributed by atoms with Gasteiger partial charge >= 0.3 is 0 Å². The minimum Gasteiger partial charge on any atom is -0.504 e. The summed E-state index contributed by atoms with van der Waals surface area (Å²) in [5.41, 5.74) is 3.35. The molecule has 2 aromatic carbocycles. The number of aromatic nitrogens is 2. The van der Waals surface area contributed by atoms with Crippen LogP contribution in [0.2, 0.25) is 0 Å². The second kappa shape index (κ2) is 8.65. The number of nitrogens with one attached hydrogen (secondary N) is 1. The molecule has 3 aromatic rings. The number of ether oxygens (including phenoxy) is 1. The van der Waals surface area contributed by atoms with Crippen molar-refractivity contribution in [3.63, 3.8) is 0 Å². The first kappa shape index (κ1) is 19.5. The average Bonchev–Trinajstić information content (AvgIpc) is 3.22. The monoisotopic (exact) mass is 395 g/mol. The highest BCUT2D eigenvalue weighted by Gasteiger charge is 2.16. The van der Waals surface area contributed by atoms with E-state index in [9.17, 15) is 20.0 Å². The molecule has 1 aromatic heterocycles. The van der Waals surface area contributed by atoms with Crippen LogP contribution in [0.25, 0.3) is 0 Å². The molecule has 29 heavy (non-hydrogen) atoms. The Morgan fingerprint density at radius 3 is 2.90 bits per heavy atom. The number of non-ortho nitro benzene ring substituents is 1. The summed E-state index contributed by atoms with van der Waals surface area (Å²) in [6.07, 6.45) is 4.59. The predicted octanol–water partition coefficient (Wildman–Crippen LogP) is 2.32. The van der Waals surface area contributed by atoms with Gasteiger partial charge in [-0.05, 0) is 23.8 Å². The molecule has 0 aliphatic carbocycles. The van der Waals surface area contributed by atoms with Gasteiger partial charge in [0.2, 0.25) is 0 Å². The first-order valence-corrected chi connectivity index (χ1v) is 8.43. The average molecular weight is 395 g/mol. The van der Waals surface area contributed by atoms with E-state index in [1.54, 1.807) is 29.1 Å². The summed E-state index contributed by atoms with van der Waals surface area (Å²) in [5, 5.41) is 29.0. The van der Waals surface area contributed by atoms with E-state index in [4.69, 9.17) is 4.74 Å².